The molecule has 1 rings (SSSR count). The molecular formula is C18H38N2O. The lowest BCUT2D eigenvalue weighted by Gasteiger charge is -2.34. The molecule has 1 fully saturated rings. The van der Waals surface area contributed by atoms with Gasteiger partial charge in [0.2, 0.25) is 0 Å². The Kier molecular flexibility index (Phi) is 8.84. The van der Waals surface area contributed by atoms with Crippen LogP contribution < -0.4 is 5.32 Å². The maximum atomic E-state index is 5.76. The van der Waals surface area contributed by atoms with Crippen molar-refractivity contribution in [3.63, 3.8) is 0 Å². The summed E-state index contributed by atoms with van der Waals surface area (Å²) in [4.78, 5) is 2.44. The van der Waals surface area contributed by atoms with Gasteiger partial charge >= 0.3 is 0 Å². The minimum Gasteiger partial charge on any atom is -0.380 e. The van der Waals surface area contributed by atoms with Gasteiger partial charge in [0.1, 0.15) is 0 Å². The van der Waals surface area contributed by atoms with Crippen molar-refractivity contribution in [1.29, 1.82) is 0 Å². The second-order valence-corrected chi connectivity index (χ2v) is 7.84. The molecule has 1 N–H and O–H groups in total. The van der Waals surface area contributed by atoms with E-state index in [1.54, 1.807) is 0 Å². The van der Waals surface area contributed by atoms with Gasteiger partial charge in [0.05, 0.1) is 6.61 Å². The first kappa shape index (κ1) is 18.9. The van der Waals surface area contributed by atoms with E-state index in [9.17, 15) is 0 Å². The van der Waals surface area contributed by atoms with Crippen molar-refractivity contribution in [2.24, 2.45) is 17.3 Å². The molecule has 1 saturated carbocycles. The molecule has 0 aromatic carbocycles. The molecule has 0 amide bonds. The van der Waals surface area contributed by atoms with Gasteiger partial charge in [0, 0.05) is 26.2 Å². The Labute approximate surface area is 132 Å². The Bertz CT molecular complexity index is 266. The monoisotopic (exact) mass is 298 g/mol. The summed E-state index contributed by atoms with van der Waals surface area (Å²) in [6, 6.07) is 0. The lowest BCUT2D eigenvalue weighted by molar-refractivity contribution is 0.0869. The molecule has 0 heterocycles. The number of hydrogen-bond acceptors (Lipinski definition) is 3. The SMILES string of the molecule is CCCC(C)(CNCC(C)C)CN(C)CCOCC1CC1. The average Bonchev–Trinajstić information content (AvgIpc) is 3.18. The first-order chi connectivity index (χ1) is 9.95. The first-order valence-corrected chi connectivity index (χ1v) is 8.92. The first-order valence-electron chi connectivity index (χ1n) is 8.92. The summed E-state index contributed by atoms with van der Waals surface area (Å²) in [5, 5.41) is 3.65. The van der Waals surface area contributed by atoms with Crippen molar-refractivity contribution in [3.8, 4) is 0 Å². The van der Waals surface area contributed by atoms with Gasteiger partial charge in [-0.25, -0.2) is 0 Å². The van der Waals surface area contributed by atoms with Gasteiger partial charge in [-0.2, -0.15) is 0 Å². The second kappa shape index (κ2) is 9.81. The molecule has 1 unspecified atom stereocenters. The van der Waals surface area contributed by atoms with Crippen LogP contribution in [0.5, 0.6) is 0 Å². The maximum Gasteiger partial charge on any atom is 0.0593 e. The van der Waals surface area contributed by atoms with Crippen LogP contribution in [0, 0.1) is 17.3 Å². The number of nitrogens with zero attached hydrogens (tertiary/aromatic N) is 1. The molecule has 21 heavy (non-hydrogen) atoms. The van der Waals surface area contributed by atoms with Crippen molar-refractivity contribution < 1.29 is 4.74 Å². The fourth-order valence-corrected chi connectivity index (χ4v) is 2.98. The number of ether oxygens (including phenoxy) is 1. The van der Waals surface area contributed by atoms with Crippen molar-refractivity contribution in [1.82, 2.24) is 10.2 Å². The normalized spacial score (nSPS) is 18.4. The van der Waals surface area contributed by atoms with Crippen LogP contribution in [0.4, 0.5) is 0 Å². The number of nitrogens with one attached hydrogen (secondary N) is 1. The van der Waals surface area contributed by atoms with Gasteiger partial charge in [-0.3, -0.25) is 0 Å². The van der Waals surface area contributed by atoms with Gasteiger partial charge in [-0.1, -0.05) is 34.1 Å². The fourth-order valence-electron chi connectivity index (χ4n) is 2.98. The number of hydrogen-bond donors (Lipinski definition) is 1. The van der Waals surface area contributed by atoms with E-state index in [1.165, 1.54) is 25.7 Å². The van der Waals surface area contributed by atoms with Crippen LogP contribution in [-0.4, -0.2) is 51.3 Å². The number of likely N-dealkylation sites (N-methyl/N-ethyl adjacent to an activating group) is 1. The quantitative estimate of drug-likeness (QED) is 0.527. The van der Waals surface area contributed by atoms with E-state index in [1.807, 2.05) is 0 Å². The predicted molar refractivity (Wildman–Crippen MR) is 91.8 cm³/mol. The Morgan fingerprint density at radius 1 is 1.33 bits per heavy atom. The van der Waals surface area contributed by atoms with E-state index < -0.39 is 0 Å². The van der Waals surface area contributed by atoms with Gasteiger partial charge in [0.15, 0.2) is 0 Å². The minimum absolute atomic E-state index is 0.370. The zero-order valence-corrected chi connectivity index (χ0v) is 15.1. The average molecular weight is 299 g/mol. The van der Waals surface area contributed by atoms with Crippen molar-refractivity contribution in [2.45, 2.75) is 53.4 Å². The molecule has 1 aliphatic rings. The Balaban J connectivity index is 2.21. The highest BCUT2D eigenvalue weighted by Gasteiger charge is 2.25. The summed E-state index contributed by atoms with van der Waals surface area (Å²) in [6.45, 7) is 15.6. The van der Waals surface area contributed by atoms with Crippen LogP contribution in [0.15, 0.2) is 0 Å². The third kappa shape index (κ3) is 9.49. The highest BCUT2D eigenvalue weighted by molar-refractivity contribution is 4.80. The molecule has 1 atom stereocenters. The highest BCUT2D eigenvalue weighted by Crippen LogP contribution is 2.28. The van der Waals surface area contributed by atoms with Gasteiger partial charge in [0.25, 0.3) is 0 Å². The molecule has 0 aliphatic heterocycles. The number of rotatable bonds is 13. The fraction of sp³-hybridized carbons (Fsp3) is 1.00. The largest absolute Gasteiger partial charge is 0.380 e. The third-order valence-electron chi connectivity index (χ3n) is 4.28. The summed E-state index contributed by atoms with van der Waals surface area (Å²) >= 11 is 0. The minimum atomic E-state index is 0.370. The maximum absolute atomic E-state index is 5.76. The van der Waals surface area contributed by atoms with Crippen molar-refractivity contribution >= 4 is 0 Å². The smallest absolute Gasteiger partial charge is 0.0593 e. The van der Waals surface area contributed by atoms with E-state index in [-0.39, 0.29) is 0 Å². The van der Waals surface area contributed by atoms with Crippen molar-refractivity contribution in [2.75, 3.05) is 46.4 Å². The molecular weight excluding hydrogens is 260 g/mol. The van der Waals surface area contributed by atoms with E-state index in [4.69, 9.17) is 4.74 Å². The second-order valence-electron chi connectivity index (χ2n) is 7.84. The van der Waals surface area contributed by atoms with Crippen LogP contribution in [0.25, 0.3) is 0 Å². The summed E-state index contributed by atoms with van der Waals surface area (Å²) < 4.78 is 5.76. The van der Waals surface area contributed by atoms with E-state index >= 15 is 0 Å². The van der Waals surface area contributed by atoms with E-state index in [0.29, 0.717) is 5.41 Å². The third-order valence-corrected chi connectivity index (χ3v) is 4.28. The molecule has 0 bridgehead atoms. The summed E-state index contributed by atoms with van der Waals surface area (Å²) in [6.07, 6.45) is 5.30. The molecule has 3 heteroatoms. The van der Waals surface area contributed by atoms with Gasteiger partial charge in [-0.15, -0.1) is 0 Å². The summed E-state index contributed by atoms with van der Waals surface area (Å²) in [5.74, 6) is 1.60. The molecule has 0 saturated heterocycles. The zero-order chi connectivity index (χ0) is 15.7. The molecule has 126 valence electrons. The van der Waals surface area contributed by atoms with E-state index in [0.717, 1.165) is 51.2 Å². The molecule has 0 radical (unpaired) electrons. The molecule has 0 aromatic heterocycles. The van der Waals surface area contributed by atoms with Crippen molar-refractivity contribution in [3.05, 3.63) is 0 Å². The molecule has 1 aliphatic carbocycles. The topological polar surface area (TPSA) is 24.5 Å². The molecule has 0 spiro atoms. The Morgan fingerprint density at radius 2 is 2.05 bits per heavy atom. The van der Waals surface area contributed by atoms with Crippen LogP contribution >= 0.6 is 0 Å². The van der Waals surface area contributed by atoms with Gasteiger partial charge < -0.3 is 15.0 Å². The standard InChI is InChI=1S/C18H38N2O/c1-6-9-18(4,14-19-12-16(2)3)15-20(5)10-11-21-13-17-7-8-17/h16-17,19H,6-15H2,1-5H3. The highest BCUT2D eigenvalue weighted by atomic mass is 16.5. The summed E-state index contributed by atoms with van der Waals surface area (Å²) in [5.41, 5.74) is 0.370. The Morgan fingerprint density at radius 3 is 2.62 bits per heavy atom. The molecule has 3 nitrogen and oxygen atoms in total. The van der Waals surface area contributed by atoms with Crippen LogP contribution in [0.2, 0.25) is 0 Å². The van der Waals surface area contributed by atoms with Crippen LogP contribution in [-0.2, 0) is 4.74 Å². The van der Waals surface area contributed by atoms with Gasteiger partial charge in [-0.05, 0) is 50.1 Å². The van der Waals surface area contributed by atoms with Crippen LogP contribution in [0.1, 0.15) is 53.4 Å². The zero-order valence-electron chi connectivity index (χ0n) is 15.1. The van der Waals surface area contributed by atoms with E-state index in [2.05, 4.69) is 45.0 Å². The lowest BCUT2D eigenvalue weighted by atomic mass is 9.84. The molecule has 0 aromatic rings. The van der Waals surface area contributed by atoms with Crippen LogP contribution in [0.3, 0.4) is 0 Å². The lowest BCUT2D eigenvalue weighted by Crippen LogP contribution is -2.42. The summed E-state index contributed by atoms with van der Waals surface area (Å²) in [7, 11) is 2.23. The predicted octanol–water partition coefficient (Wildman–Crippen LogP) is 3.40. The Hall–Kier alpha value is -0.120.